The molecule has 106 valence electrons. The Kier molecular flexibility index (Phi) is 6.01. The number of ether oxygens (including phenoxy) is 1. The van der Waals surface area contributed by atoms with Crippen molar-refractivity contribution in [1.29, 1.82) is 0 Å². The van der Waals surface area contributed by atoms with Crippen molar-refractivity contribution in [2.45, 2.75) is 32.9 Å². The second-order valence-electron chi connectivity index (χ2n) is 5.20. The van der Waals surface area contributed by atoms with Gasteiger partial charge in [0.2, 0.25) is 5.88 Å². The molecule has 0 aliphatic heterocycles. The zero-order valence-electron chi connectivity index (χ0n) is 12.8. The number of aliphatic carboxylic acids is 1. The molecule has 0 bridgehead atoms. The average molecular weight is 296 g/mol. The Bertz CT molecular complexity index is 609. The molecule has 1 aromatic carbocycles. The van der Waals surface area contributed by atoms with Gasteiger partial charge in [-0.05, 0) is 26.3 Å². The second-order valence-corrected chi connectivity index (χ2v) is 5.20. The predicted octanol–water partition coefficient (Wildman–Crippen LogP) is -1.85. The number of hydrogen-bond donors (Lipinski definition) is 0. The molecule has 1 heterocycles. The molecule has 0 amide bonds. The van der Waals surface area contributed by atoms with Crippen LogP contribution in [0, 0.1) is 6.92 Å². The van der Waals surface area contributed by atoms with Gasteiger partial charge in [0.25, 0.3) is 0 Å². The summed E-state index contributed by atoms with van der Waals surface area (Å²) in [6, 6.07) is 9.88. The van der Waals surface area contributed by atoms with E-state index in [-0.39, 0.29) is 29.6 Å². The Morgan fingerprint density at radius 1 is 1.33 bits per heavy atom. The molecule has 21 heavy (non-hydrogen) atoms. The van der Waals surface area contributed by atoms with Crippen molar-refractivity contribution in [3.63, 3.8) is 0 Å². The first-order chi connectivity index (χ1) is 9.38. The van der Waals surface area contributed by atoms with E-state index < -0.39 is 11.6 Å². The van der Waals surface area contributed by atoms with Crippen LogP contribution in [0.3, 0.4) is 0 Å². The number of aryl methyl sites for hydroxylation is 1. The normalized spacial score (nSPS) is 10.8. The fourth-order valence-electron chi connectivity index (χ4n) is 1.74. The molecule has 0 aliphatic carbocycles. The molecule has 0 atom stereocenters. The van der Waals surface area contributed by atoms with Gasteiger partial charge in [-0.15, -0.1) is 5.10 Å². The minimum Gasteiger partial charge on any atom is -0.546 e. The number of carbonyl (C=O) groups is 1. The van der Waals surface area contributed by atoms with Crippen LogP contribution in [0.4, 0.5) is 0 Å². The van der Waals surface area contributed by atoms with Crippen molar-refractivity contribution in [1.82, 2.24) is 9.78 Å². The Morgan fingerprint density at radius 2 is 1.95 bits per heavy atom. The first kappa shape index (κ1) is 17.8. The maximum absolute atomic E-state index is 11.0. The van der Waals surface area contributed by atoms with Gasteiger partial charge in [0.1, 0.15) is 5.60 Å². The molecule has 0 fully saturated rings. The smallest absolute Gasteiger partial charge is 0.546 e. The van der Waals surface area contributed by atoms with Crippen molar-refractivity contribution in [3.8, 4) is 5.88 Å². The summed E-state index contributed by atoms with van der Waals surface area (Å²) in [5, 5.41) is 15.2. The molecule has 0 saturated carbocycles. The van der Waals surface area contributed by atoms with Gasteiger partial charge in [0.15, 0.2) is 0 Å². The van der Waals surface area contributed by atoms with E-state index >= 15 is 0 Å². The number of carboxylic acid groups (broad SMARTS) is 1. The maximum Gasteiger partial charge on any atom is 1.00 e. The number of carbonyl (C=O) groups excluding carboxylic acids is 1. The third-order valence-corrected chi connectivity index (χ3v) is 2.93. The second kappa shape index (κ2) is 7.11. The molecule has 0 saturated heterocycles. The zero-order valence-corrected chi connectivity index (χ0v) is 14.8. The van der Waals surface area contributed by atoms with E-state index in [9.17, 15) is 9.90 Å². The largest absolute Gasteiger partial charge is 1.00 e. The third kappa shape index (κ3) is 4.59. The van der Waals surface area contributed by atoms with Gasteiger partial charge in [-0.25, -0.2) is 0 Å². The van der Waals surface area contributed by atoms with Crippen LogP contribution in [0.15, 0.2) is 36.5 Å². The van der Waals surface area contributed by atoms with E-state index in [1.807, 2.05) is 43.5 Å². The maximum atomic E-state index is 11.0. The van der Waals surface area contributed by atoms with Crippen LogP contribution in [0.2, 0.25) is 0 Å². The Balaban J connectivity index is 0.00000220. The molecule has 0 unspecified atom stereocenters. The number of carboxylic acids is 1. The SMILES string of the molecule is Cc1cn(Cc2ccccc2)nc1OC(C)(C)C(=O)[O-].[Na+]. The van der Waals surface area contributed by atoms with Gasteiger partial charge < -0.3 is 14.6 Å². The minimum atomic E-state index is -1.41. The topological polar surface area (TPSA) is 67.2 Å². The molecule has 1 aromatic heterocycles. The molecular formula is C15H17N2NaO3. The molecule has 2 aromatic rings. The number of aromatic nitrogens is 2. The first-order valence-electron chi connectivity index (χ1n) is 6.37. The Morgan fingerprint density at radius 3 is 2.52 bits per heavy atom. The van der Waals surface area contributed by atoms with Crippen LogP contribution in [0.25, 0.3) is 0 Å². The molecule has 0 radical (unpaired) electrons. The Labute approximate surface area is 146 Å². The van der Waals surface area contributed by atoms with Gasteiger partial charge in [-0.3, -0.25) is 4.68 Å². The van der Waals surface area contributed by atoms with Crippen molar-refractivity contribution >= 4 is 5.97 Å². The summed E-state index contributed by atoms with van der Waals surface area (Å²) in [7, 11) is 0. The summed E-state index contributed by atoms with van der Waals surface area (Å²) in [5.74, 6) is -0.954. The number of rotatable bonds is 5. The third-order valence-electron chi connectivity index (χ3n) is 2.93. The summed E-state index contributed by atoms with van der Waals surface area (Å²) in [4.78, 5) is 11.0. The summed E-state index contributed by atoms with van der Waals surface area (Å²) in [6.07, 6.45) is 1.83. The van der Waals surface area contributed by atoms with E-state index in [1.165, 1.54) is 13.8 Å². The summed E-state index contributed by atoms with van der Waals surface area (Å²) >= 11 is 0. The van der Waals surface area contributed by atoms with Crippen LogP contribution >= 0.6 is 0 Å². The predicted molar refractivity (Wildman–Crippen MR) is 72.2 cm³/mol. The number of hydrogen-bond acceptors (Lipinski definition) is 4. The van der Waals surface area contributed by atoms with Gasteiger partial charge in [-0.1, -0.05) is 30.3 Å². The van der Waals surface area contributed by atoms with E-state index in [0.29, 0.717) is 12.4 Å². The quantitative estimate of drug-likeness (QED) is 0.608. The van der Waals surface area contributed by atoms with Gasteiger partial charge >= 0.3 is 29.6 Å². The van der Waals surface area contributed by atoms with E-state index in [4.69, 9.17) is 4.74 Å². The van der Waals surface area contributed by atoms with Crippen molar-refractivity contribution in [3.05, 3.63) is 47.7 Å². The Hall–Kier alpha value is -1.30. The molecule has 6 heteroatoms. The van der Waals surface area contributed by atoms with E-state index in [2.05, 4.69) is 5.10 Å². The van der Waals surface area contributed by atoms with Crippen LogP contribution in [0.1, 0.15) is 25.0 Å². The molecule has 0 N–H and O–H groups in total. The van der Waals surface area contributed by atoms with Gasteiger partial charge in [0.05, 0.1) is 12.5 Å². The van der Waals surface area contributed by atoms with Gasteiger partial charge in [0, 0.05) is 11.8 Å². The molecule has 0 spiro atoms. The molecule has 5 nitrogen and oxygen atoms in total. The fraction of sp³-hybridized carbons (Fsp3) is 0.333. The fourth-order valence-corrected chi connectivity index (χ4v) is 1.74. The number of nitrogens with zero attached hydrogens (tertiary/aromatic N) is 2. The number of benzene rings is 1. The van der Waals surface area contributed by atoms with Crippen LogP contribution in [-0.4, -0.2) is 21.4 Å². The van der Waals surface area contributed by atoms with Crippen LogP contribution in [0.5, 0.6) is 5.88 Å². The van der Waals surface area contributed by atoms with Crippen molar-refractivity contribution in [2.24, 2.45) is 0 Å². The summed E-state index contributed by atoms with van der Waals surface area (Å²) < 4.78 is 7.15. The molecular weight excluding hydrogens is 279 g/mol. The van der Waals surface area contributed by atoms with E-state index in [1.54, 1.807) is 4.68 Å². The van der Waals surface area contributed by atoms with Crippen molar-refractivity contribution in [2.75, 3.05) is 0 Å². The van der Waals surface area contributed by atoms with Crippen molar-refractivity contribution < 1.29 is 44.2 Å². The zero-order chi connectivity index (χ0) is 14.8. The molecule has 2 rings (SSSR count). The average Bonchev–Trinajstić information content (AvgIpc) is 2.70. The standard InChI is InChI=1S/C15H18N2O3.Na/c1-11-9-17(10-12-7-5-4-6-8-12)16-13(11)20-15(2,3)14(18)19;/h4-9H,10H2,1-3H3,(H,18,19);/q;+1/p-1. The minimum absolute atomic E-state index is 0. The van der Waals surface area contributed by atoms with E-state index in [0.717, 1.165) is 11.1 Å². The summed E-state index contributed by atoms with van der Waals surface area (Å²) in [5.41, 5.74) is 0.493. The summed E-state index contributed by atoms with van der Waals surface area (Å²) in [6.45, 7) is 5.32. The van der Waals surface area contributed by atoms with Crippen LogP contribution in [-0.2, 0) is 11.3 Å². The monoisotopic (exact) mass is 296 g/mol. The first-order valence-corrected chi connectivity index (χ1v) is 6.37. The molecule has 0 aliphatic rings. The van der Waals surface area contributed by atoms with Crippen LogP contribution < -0.4 is 39.4 Å². The van der Waals surface area contributed by atoms with Gasteiger partial charge in [-0.2, -0.15) is 0 Å².